The summed E-state index contributed by atoms with van der Waals surface area (Å²) >= 11 is 8.64. The zero-order chi connectivity index (χ0) is 27.0. The summed E-state index contributed by atoms with van der Waals surface area (Å²) in [6.07, 6.45) is 4.93. The number of carbonyl (C=O) groups excluding carboxylic acids is 2. The van der Waals surface area contributed by atoms with Crippen molar-refractivity contribution >= 4 is 69.7 Å². The van der Waals surface area contributed by atoms with Crippen LogP contribution in [-0.2, 0) is 16.1 Å². The van der Waals surface area contributed by atoms with E-state index in [1.54, 1.807) is 78.4 Å². The van der Waals surface area contributed by atoms with E-state index in [2.05, 4.69) is 15.5 Å². The number of carbonyl (C=O) groups is 2. The van der Waals surface area contributed by atoms with Crippen LogP contribution in [0.25, 0.3) is 6.08 Å². The van der Waals surface area contributed by atoms with Crippen molar-refractivity contribution in [3.63, 3.8) is 0 Å². The molecule has 0 saturated carbocycles. The molecule has 3 heterocycles. The molecule has 4 aromatic rings. The minimum atomic E-state index is -0.325. The number of hydrogen-bond acceptors (Lipinski definition) is 8. The highest BCUT2D eigenvalue weighted by Crippen LogP contribution is 2.35. The van der Waals surface area contributed by atoms with Crippen LogP contribution >= 0.6 is 34.7 Å². The molecule has 0 atom stereocenters. The molecule has 0 spiro atoms. The van der Waals surface area contributed by atoms with Crippen LogP contribution in [0.5, 0.6) is 5.75 Å². The van der Waals surface area contributed by atoms with Crippen molar-refractivity contribution in [2.75, 3.05) is 11.9 Å². The highest BCUT2D eigenvalue weighted by molar-refractivity contribution is 8.18. The summed E-state index contributed by atoms with van der Waals surface area (Å²) in [5, 5.41) is 14.2. The first-order valence-electron chi connectivity index (χ1n) is 11.7. The molecule has 0 unspecified atom stereocenters. The number of para-hydroxylation sites is 1. The van der Waals surface area contributed by atoms with E-state index in [-0.39, 0.29) is 25.0 Å². The number of nitrogens with zero attached hydrogens (tertiary/aromatic N) is 3. The van der Waals surface area contributed by atoms with Gasteiger partial charge in [0.2, 0.25) is 0 Å². The van der Waals surface area contributed by atoms with Gasteiger partial charge in [-0.2, -0.15) is 5.10 Å². The van der Waals surface area contributed by atoms with Crippen LogP contribution < -0.4 is 10.1 Å². The molecule has 8 nitrogen and oxygen atoms in total. The third kappa shape index (κ3) is 7.05. The molecule has 1 N–H and O–H groups in total. The number of ether oxygens (including phenoxy) is 1. The fourth-order valence-corrected chi connectivity index (χ4v) is 5.16. The maximum Gasteiger partial charge on any atom is 0.267 e. The van der Waals surface area contributed by atoms with Crippen LogP contribution in [-0.4, -0.2) is 34.7 Å². The first-order valence-corrected chi connectivity index (χ1v) is 13.8. The van der Waals surface area contributed by atoms with Gasteiger partial charge in [0.1, 0.15) is 11.5 Å². The number of rotatable bonds is 9. The Hall–Kier alpha value is -4.12. The lowest BCUT2D eigenvalue weighted by molar-refractivity contribution is -0.122. The largest absolute Gasteiger partial charge is 0.483 e. The molecule has 1 fully saturated rings. The molecular weight excluding hydrogens is 556 g/mol. The third-order valence-corrected chi connectivity index (χ3v) is 7.40. The lowest BCUT2D eigenvalue weighted by atomic mass is 10.2. The smallest absolute Gasteiger partial charge is 0.267 e. The van der Waals surface area contributed by atoms with Crippen molar-refractivity contribution < 1.29 is 18.7 Å². The van der Waals surface area contributed by atoms with Gasteiger partial charge < -0.3 is 14.5 Å². The topological polar surface area (TPSA) is 96.5 Å². The molecule has 1 saturated heterocycles. The number of hydrogen-bond donors (Lipinski definition) is 1. The van der Waals surface area contributed by atoms with Gasteiger partial charge in [0.25, 0.3) is 11.8 Å². The zero-order valence-electron chi connectivity index (χ0n) is 20.3. The monoisotopic (exact) mass is 576 g/mol. The van der Waals surface area contributed by atoms with Crippen molar-refractivity contribution in [2.24, 2.45) is 10.2 Å². The first-order chi connectivity index (χ1) is 19.0. The van der Waals surface area contributed by atoms with Gasteiger partial charge in [-0.1, -0.05) is 35.9 Å². The Labute approximate surface area is 237 Å². The van der Waals surface area contributed by atoms with E-state index in [1.807, 2.05) is 29.6 Å². The molecule has 0 bridgehead atoms. The average molecular weight is 577 g/mol. The molecule has 2 aromatic carbocycles. The average Bonchev–Trinajstić information content (AvgIpc) is 3.70. The molecular formula is C28H21ClN4O4S2. The number of halogens is 1. The second-order valence-corrected chi connectivity index (χ2v) is 10.5. The summed E-state index contributed by atoms with van der Waals surface area (Å²) in [5.41, 5.74) is 1.26. The number of nitrogens with one attached hydrogen (secondary N) is 1. The Balaban J connectivity index is 1.33. The van der Waals surface area contributed by atoms with Crippen LogP contribution in [0.4, 0.5) is 5.69 Å². The van der Waals surface area contributed by atoms with Gasteiger partial charge in [0, 0.05) is 21.2 Å². The molecule has 0 aliphatic carbocycles. The standard InChI is InChI=1S/C28H21ClN4O4S2/c29-20-9-11-21(12-10-20)31-26(34)18-37-24-8-2-1-5-19(24)15-25-27(35)33(17-22-6-3-13-36-22)28(39-25)32-30-16-23-7-4-14-38-23/h1-16H,17-18H2,(H,31,34)/b25-15-,30-16-,32-28+. The van der Waals surface area contributed by atoms with Crippen LogP contribution in [0.15, 0.2) is 104 Å². The fraction of sp³-hybridized carbons (Fsp3) is 0.0714. The molecule has 196 valence electrons. The second-order valence-electron chi connectivity index (χ2n) is 8.11. The molecule has 0 radical (unpaired) electrons. The fourth-order valence-electron chi connectivity index (χ4n) is 3.53. The van der Waals surface area contributed by atoms with E-state index in [0.717, 1.165) is 4.88 Å². The number of thiophene rings is 1. The maximum absolute atomic E-state index is 13.4. The van der Waals surface area contributed by atoms with Gasteiger partial charge in [-0.05, 0) is 71.7 Å². The van der Waals surface area contributed by atoms with Crippen molar-refractivity contribution in [3.8, 4) is 5.75 Å². The van der Waals surface area contributed by atoms with E-state index >= 15 is 0 Å². The Kier molecular flexibility index (Phi) is 8.57. The predicted octanol–water partition coefficient (Wildman–Crippen LogP) is 6.52. The van der Waals surface area contributed by atoms with Gasteiger partial charge >= 0.3 is 0 Å². The molecule has 2 amide bonds. The van der Waals surface area contributed by atoms with E-state index in [4.69, 9.17) is 20.8 Å². The Morgan fingerprint density at radius 3 is 2.69 bits per heavy atom. The summed E-state index contributed by atoms with van der Waals surface area (Å²) < 4.78 is 11.3. The summed E-state index contributed by atoms with van der Waals surface area (Å²) in [5.74, 6) is 0.518. The normalized spacial score (nSPS) is 15.5. The third-order valence-electron chi connectivity index (χ3n) is 5.35. The highest BCUT2D eigenvalue weighted by atomic mass is 35.5. The number of furan rings is 1. The Morgan fingerprint density at radius 2 is 1.92 bits per heavy atom. The summed E-state index contributed by atoms with van der Waals surface area (Å²) in [7, 11) is 0. The SMILES string of the molecule is O=C(COc1ccccc1/C=C1\S/C(=N/N=C\c2cccs2)N(Cc2ccco2)C1=O)Nc1ccc(Cl)cc1. The Bertz CT molecular complexity index is 1530. The number of benzene rings is 2. The van der Waals surface area contributed by atoms with Crippen LogP contribution in [0, 0.1) is 0 Å². The minimum absolute atomic E-state index is 0.210. The molecule has 39 heavy (non-hydrogen) atoms. The summed E-state index contributed by atoms with van der Waals surface area (Å²) in [6, 6.07) is 21.4. The Morgan fingerprint density at radius 1 is 1.08 bits per heavy atom. The number of amides is 2. The first kappa shape index (κ1) is 26.5. The van der Waals surface area contributed by atoms with Crippen molar-refractivity contribution in [2.45, 2.75) is 6.54 Å². The lowest BCUT2D eigenvalue weighted by Gasteiger charge is -2.12. The van der Waals surface area contributed by atoms with E-state index in [1.165, 1.54) is 16.7 Å². The quantitative estimate of drug-likeness (QED) is 0.139. The van der Waals surface area contributed by atoms with E-state index in [9.17, 15) is 9.59 Å². The van der Waals surface area contributed by atoms with Crippen molar-refractivity contribution in [3.05, 3.63) is 111 Å². The highest BCUT2D eigenvalue weighted by Gasteiger charge is 2.34. The second kappa shape index (κ2) is 12.6. The minimum Gasteiger partial charge on any atom is -0.483 e. The van der Waals surface area contributed by atoms with Gasteiger partial charge in [0.05, 0.1) is 23.9 Å². The molecule has 2 aromatic heterocycles. The van der Waals surface area contributed by atoms with Crippen molar-refractivity contribution in [1.82, 2.24) is 4.90 Å². The molecule has 1 aliphatic heterocycles. The lowest BCUT2D eigenvalue weighted by Crippen LogP contribution is -2.28. The summed E-state index contributed by atoms with van der Waals surface area (Å²) in [4.78, 5) is 28.7. The molecule has 5 rings (SSSR count). The number of thioether (sulfide) groups is 1. The number of anilines is 1. The molecule has 1 aliphatic rings. The maximum atomic E-state index is 13.4. The van der Waals surface area contributed by atoms with E-state index < -0.39 is 0 Å². The van der Waals surface area contributed by atoms with Gasteiger partial charge in [0.15, 0.2) is 11.8 Å². The van der Waals surface area contributed by atoms with Crippen LogP contribution in [0.2, 0.25) is 5.02 Å². The summed E-state index contributed by atoms with van der Waals surface area (Å²) in [6.45, 7) is 0.00517. The predicted molar refractivity (Wildman–Crippen MR) is 156 cm³/mol. The number of amidine groups is 1. The zero-order valence-corrected chi connectivity index (χ0v) is 22.7. The van der Waals surface area contributed by atoms with Gasteiger partial charge in [-0.3, -0.25) is 14.5 Å². The van der Waals surface area contributed by atoms with Crippen molar-refractivity contribution in [1.29, 1.82) is 0 Å². The van der Waals surface area contributed by atoms with Crippen LogP contribution in [0.3, 0.4) is 0 Å². The molecule has 11 heteroatoms. The van der Waals surface area contributed by atoms with Gasteiger partial charge in [-0.25, -0.2) is 0 Å². The van der Waals surface area contributed by atoms with Crippen LogP contribution in [0.1, 0.15) is 16.2 Å². The van der Waals surface area contributed by atoms with Gasteiger partial charge in [-0.15, -0.1) is 16.4 Å². The van der Waals surface area contributed by atoms with E-state index in [0.29, 0.717) is 37.9 Å².